The molecule has 18 heavy (non-hydrogen) atoms. The summed E-state index contributed by atoms with van der Waals surface area (Å²) in [5.41, 5.74) is -0.250. The van der Waals surface area contributed by atoms with E-state index in [9.17, 15) is 9.59 Å². The topological polar surface area (TPSA) is 58.6 Å². The van der Waals surface area contributed by atoms with Gasteiger partial charge in [0.05, 0.1) is 19.1 Å². The van der Waals surface area contributed by atoms with Gasteiger partial charge in [0.1, 0.15) is 0 Å². The highest BCUT2D eigenvalue weighted by atomic mass is 16.5. The molecular weight excluding hydrogens is 232 g/mol. The van der Waals surface area contributed by atoms with Crippen molar-refractivity contribution in [2.24, 2.45) is 5.92 Å². The molecular formula is C13H26N2O3. The molecule has 0 aliphatic carbocycles. The highest BCUT2D eigenvalue weighted by molar-refractivity contribution is 5.82. The fourth-order valence-corrected chi connectivity index (χ4v) is 1.54. The van der Waals surface area contributed by atoms with Crippen molar-refractivity contribution in [3.8, 4) is 0 Å². The lowest BCUT2D eigenvalue weighted by molar-refractivity contribution is -0.146. The van der Waals surface area contributed by atoms with Crippen molar-refractivity contribution in [3.05, 3.63) is 0 Å². The van der Waals surface area contributed by atoms with Crippen molar-refractivity contribution < 1.29 is 14.3 Å². The number of hydrogen-bond acceptors (Lipinski definition) is 4. The van der Waals surface area contributed by atoms with E-state index in [2.05, 4.69) is 10.1 Å². The summed E-state index contributed by atoms with van der Waals surface area (Å²) in [7, 11) is 3.20. The molecule has 0 saturated heterocycles. The number of rotatable bonds is 5. The van der Waals surface area contributed by atoms with Crippen molar-refractivity contribution >= 4 is 11.9 Å². The molecule has 0 aromatic rings. The number of amides is 1. The third-order valence-corrected chi connectivity index (χ3v) is 2.70. The first kappa shape index (κ1) is 16.9. The molecule has 1 amide bonds. The van der Waals surface area contributed by atoms with Crippen LogP contribution in [-0.2, 0) is 14.3 Å². The number of nitrogens with zero attached hydrogens (tertiary/aromatic N) is 1. The van der Waals surface area contributed by atoms with E-state index in [4.69, 9.17) is 0 Å². The zero-order chi connectivity index (χ0) is 14.5. The van der Waals surface area contributed by atoms with E-state index < -0.39 is 0 Å². The summed E-state index contributed by atoms with van der Waals surface area (Å²) >= 11 is 0. The van der Waals surface area contributed by atoms with Gasteiger partial charge in [-0.1, -0.05) is 6.92 Å². The van der Waals surface area contributed by atoms with E-state index in [1.807, 2.05) is 39.6 Å². The summed E-state index contributed by atoms with van der Waals surface area (Å²) in [6.45, 7) is 9.92. The highest BCUT2D eigenvalue weighted by Crippen LogP contribution is 2.06. The maximum absolute atomic E-state index is 12.0. The van der Waals surface area contributed by atoms with Crippen LogP contribution in [0.25, 0.3) is 0 Å². The fourth-order valence-electron chi connectivity index (χ4n) is 1.54. The van der Waals surface area contributed by atoms with E-state index in [0.29, 0.717) is 6.54 Å². The second kappa shape index (κ2) is 6.73. The largest absolute Gasteiger partial charge is 0.469 e. The third kappa shape index (κ3) is 6.00. The Hall–Kier alpha value is -1.10. The Morgan fingerprint density at radius 2 is 1.78 bits per heavy atom. The van der Waals surface area contributed by atoms with E-state index in [1.165, 1.54) is 7.11 Å². The monoisotopic (exact) mass is 258 g/mol. The molecule has 0 fully saturated rings. The van der Waals surface area contributed by atoms with Crippen LogP contribution in [0.2, 0.25) is 0 Å². The summed E-state index contributed by atoms with van der Waals surface area (Å²) in [6, 6.07) is -0.281. The van der Waals surface area contributed by atoms with Crippen LogP contribution < -0.4 is 5.32 Å². The van der Waals surface area contributed by atoms with Crippen molar-refractivity contribution in [3.63, 3.8) is 0 Å². The Balaban J connectivity index is 4.38. The fraction of sp³-hybridized carbons (Fsp3) is 0.846. The third-order valence-electron chi connectivity index (χ3n) is 2.70. The second-order valence-electron chi connectivity index (χ2n) is 5.78. The Bertz CT molecular complexity index is 297. The van der Waals surface area contributed by atoms with Gasteiger partial charge in [0.25, 0.3) is 0 Å². The normalized spacial score (nSPS) is 15.1. The summed E-state index contributed by atoms with van der Waals surface area (Å²) in [6.07, 6.45) is 0. The van der Waals surface area contributed by atoms with Crippen LogP contribution in [0.3, 0.4) is 0 Å². The van der Waals surface area contributed by atoms with Crippen LogP contribution in [0.15, 0.2) is 0 Å². The number of carbonyl (C=O) groups excluding carboxylic acids is 2. The first-order valence-corrected chi connectivity index (χ1v) is 6.18. The van der Waals surface area contributed by atoms with Crippen LogP contribution in [-0.4, -0.2) is 49.1 Å². The maximum atomic E-state index is 12.0. The minimum absolute atomic E-state index is 0.0398. The van der Waals surface area contributed by atoms with Gasteiger partial charge in [-0.2, -0.15) is 0 Å². The molecule has 2 unspecified atom stereocenters. The zero-order valence-corrected chi connectivity index (χ0v) is 12.5. The Morgan fingerprint density at radius 3 is 2.17 bits per heavy atom. The van der Waals surface area contributed by atoms with Crippen molar-refractivity contribution in [2.45, 2.75) is 46.2 Å². The highest BCUT2D eigenvalue weighted by Gasteiger charge is 2.25. The smallest absolute Gasteiger partial charge is 0.309 e. The standard InChI is InChI=1S/C13H26N2O3/c1-9(12(17)18-7)8-15(6)10(2)11(16)14-13(3,4)5/h9-10H,8H2,1-7H3,(H,14,16). The van der Waals surface area contributed by atoms with E-state index >= 15 is 0 Å². The van der Waals surface area contributed by atoms with Gasteiger partial charge in [-0.3, -0.25) is 14.5 Å². The maximum Gasteiger partial charge on any atom is 0.309 e. The van der Waals surface area contributed by atoms with Crippen LogP contribution in [0.1, 0.15) is 34.6 Å². The minimum Gasteiger partial charge on any atom is -0.469 e. The predicted molar refractivity (Wildman–Crippen MR) is 71.2 cm³/mol. The molecule has 0 aliphatic heterocycles. The van der Waals surface area contributed by atoms with Crippen molar-refractivity contribution in [2.75, 3.05) is 20.7 Å². The van der Waals surface area contributed by atoms with Crippen molar-refractivity contribution in [1.29, 1.82) is 0 Å². The Kier molecular flexibility index (Phi) is 6.32. The van der Waals surface area contributed by atoms with E-state index in [-0.39, 0.29) is 29.4 Å². The van der Waals surface area contributed by atoms with Crippen LogP contribution in [0.4, 0.5) is 0 Å². The second-order valence-corrected chi connectivity index (χ2v) is 5.78. The van der Waals surface area contributed by atoms with Crippen LogP contribution >= 0.6 is 0 Å². The van der Waals surface area contributed by atoms with Gasteiger partial charge in [-0.15, -0.1) is 0 Å². The van der Waals surface area contributed by atoms with Gasteiger partial charge in [0.2, 0.25) is 5.91 Å². The molecule has 0 saturated carbocycles. The first-order valence-electron chi connectivity index (χ1n) is 6.18. The average molecular weight is 258 g/mol. The minimum atomic E-state index is -0.281. The molecule has 106 valence electrons. The molecule has 0 radical (unpaired) electrons. The molecule has 0 bridgehead atoms. The Labute approximate surface area is 110 Å². The quantitative estimate of drug-likeness (QED) is 0.748. The predicted octanol–water partition coefficient (Wildman–Crippen LogP) is 1.03. The lowest BCUT2D eigenvalue weighted by atomic mass is 10.1. The van der Waals surface area contributed by atoms with Gasteiger partial charge in [-0.25, -0.2) is 0 Å². The number of hydrogen-bond donors (Lipinski definition) is 1. The molecule has 5 heteroatoms. The molecule has 0 aromatic carbocycles. The molecule has 0 aliphatic rings. The first-order chi connectivity index (χ1) is 8.08. The van der Waals surface area contributed by atoms with Gasteiger partial charge in [0.15, 0.2) is 0 Å². The number of nitrogens with one attached hydrogen (secondary N) is 1. The Morgan fingerprint density at radius 1 is 1.28 bits per heavy atom. The lowest BCUT2D eigenvalue weighted by Gasteiger charge is -2.29. The molecule has 5 nitrogen and oxygen atoms in total. The number of methoxy groups -OCH3 is 1. The van der Waals surface area contributed by atoms with Gasteiger partial charge in [0, 0.05) is 12.1 Å². The van der Waals surface area contributed by atoms with Gasteiger partial charge in [-0.05, 0) is 34.7 Å². The number of ether oxygens (including phenoxy) is 1. The number of esters is 1. The molecule has 0 heterocycles. The lowest BCUT2D eigenvalue weighted by Crippen LogP contribution is -2.51. The average Bonchev–Trinajstić information content (AvgIpc) is 2.24. The van der Waals surface area contributed by atoms with Gasteiger partial charge >= 0.3 is 5.97 Å². The molecule has 0 spiro atoms. The van der Waals surface area contributed by atoms with Crippen LogP contribution in [0.5, 0.6) is 0 Å². The summed E-state index contributed by atoms with van der Waals surface area (Å²) in [4.78, 5) is 25.1. The van der Waals surface area contributed by atoms with E-state index in [0.717, 1.165) is 0 Å². The number of likely N-dealkylation sites (N-methyl/N-ethyl adjacent to an activating group) is 1. The summed E-state index contributed by atoms with van der Waals surface area (Å²) < 4.78 is 4.67. The number of carbonyl (C=O) groups is 2. The molecule has 0 aromatic heterocycles. The van der Waals surface area contributed by atoms with Crippen LogP contribution in [0, 0.1) is 5.92 Å². The zero-order valence-electron chi connectivity index (χ0n) is 12.5. The molecule has 1 N–H and O–H groups in total. The SMILES string of the molecule is COC(=O)C(C)CN(C)C(C)C(=O)NC(C)(C)C. The van der Waals surface area contributed by atoms with E-state index in [1.54, 1.807) is 6.92 Å². The van der Waals surface area contributed by atoms with Crippen molar-refractivity contribution in [1.82, 2.24) is 10.2 Å². The van der Waals surface area contributed by atoms with Gasteiger partial charge < -0.3 is 10.1 Å². The summed E-state index contributed by atoms with van der Waals surface area (Å²) in [5, 5.41) is 2.92. The molecule has 2 atom stereocenters. The summed E-state index contributed by atoms with van der Waals surface area (Å²) in [5.74, 6) is -0.544. The molecule has 0 rings (SSSR count).